The van der Waals surface area contributed by atoms with Crippen LogP contribution in [0.15, 0.2) is 41.4 Å². The summed E-state index contributed by atoms with van der Waals surface area (Å²) in [6.45, 7) is 0.729. The summed E-state index contributed by atoms with van der Waals surface area (Å²) in [6, 6.07) is 10.2. The second-order valence-electron chi connectivity index (χ2n) is 2.57. The van der Waals surface area contributed by atoms with E-state index in [1.165, 1.54) is 5.56 Å². The van der Waals surface area contributed by atoms with Crippen LogP contribution in [0.2, 0.25) is 0 Å². The van der Waals surface area contributed by atoms with Crippen molar-refractivity contribution in [3.63, 3.8) is 0 Å². The van der Waals surface area contributed by atoms with Gasteiger partial charge in [0, 0.05) is 0 Å². The summed E-state index contributed by atoms with van der Waals surface area (Å²) in [4.78, 5) is 3.82. The minimum absolute atomic E-state index is 0.729. The number of rotatable bonds is 4. The summed E-state index contributed by atoms with van der Waals surface area (Å²) in [7, 11) is 0. The highest BCUT2D eigenvalue weighted by atomic mass is 32.1. The molecule has 0 atom stereocenters. The molecule has 66 valence electrons. The molecule has 1 aromatic carbocycles. The van der Waals surface area contributed by atoms with Crippen LogP contribution in [0, 0.1) is 0 Å². The molecule has 0 amide bonds. The van der Waals surface area contributed by atoms with Gasteiger partial charge in [0.25, 0.3) is 0 Å². The third-order valence-electron chi connectivity index (χ3n) is 1.58. The van der Waals surface area contributed by atoms with Gasteiger partial charge in [-0.25, -0.2) is 4.99 Å². The number of nitrogens with zero attached hydrogens (tertiary/aromatic N) is 1. The Hall–Kier alpha value is -1.24. The van der Waals surface area contributed by atoms with Gasteiger partial charge in [-0.1, -0.05) is 42.5 Å². The topological polar surface area (TPSA) is 12.4 Å². The van der Waals surface area contributed by atoms with Crippen LogP contribution in [0.4, 0.5) is 0 Å². The van der Waals surface area contributed by atoms with Crippen molar-refractivity contribution in [3.05, 3.63) is 42.0 Å². The fraction of sp³-hybridized carbons (Fsp3) is 0.182. The molecule has 0 aliphatic heterocycles. The average Bonchev–Trinajstić information content (AvgIpc) is 2.19. The largest absolute Gasteiger partial charge is 0.232 e. The van der Waals surface area contributed by atoms with E-state index in [4.69, 9.17) is 0 Å². The van der Waals surface area contributed by atoms with Crippen molar-refractivity contribution < 1.29 is 0 Å². The van der Waals surface area contributed by atoms with Gasteiger partial charge in [0.2, 0.25) is 0 Å². The van der Waals surface area contributed by atoms with Gasteiger partial charge in [0.05, 0.1) is 11.7 Å². The normalized spacial score (nSPS) is 9.85. The molecule has 0 N–H and O–H groups in total. The maximum absolute atomic E-state index is 4.45. The second kappa shape index (κ2) is 6.30. The number of hydrogen-bond donors (Lipinski definition) is 0. The smallest absolute Gasteiger partial charge is 0.0585 e. The summed E-state index contributed by atoms with van der Waals surface area (Å²) in [6.07, 6.45) is 5.09. The molecule has 0 bridgehead atoms. The molecule has 0 saturated carbocycles. The Labute approximate surface area is 83.8 Å². The Bertz CT molecular complexity index is 310. The van der Waals surface area contributed by atoms with E-state index in [0.29, 0.717) is 0 Å². The second-order valence-corrected chi connectivity index (χ2v) is 2.76. The number of aliphatic imine (C=N–C) groups is 1. The molecule has 0 aliphatic rings. The van der Waals surface area contributed by atoms with Gasteiger partial charge in [0.15, 0.2) is 0 Å². The first-order valence-corrected chi connectivity index (χ1v) is 4.59. The Balaban J connectivity index is 2.36. The lowest BCUT2D eigenvalue weighted by Gasteiger charge is -1.89. The van der Waals surface area contributed by atoms with E-state index in [9.17, 15) is 0 Å². The molecule has 0 fully saturated rings. The van der Waals surface area contributed by atoms with Crippen molar-refractivity contribution in [2.45, 2.75) is 6.42 Å². The van der Waals surface area contributed by atoms with E-state index in [1.807, 2.05) is 18.2 Å². The van der Waals surface area contributed by atoms with Crippen LogP contribution in [0.5, 0.6) is 0 Å². The predicted octanol–water partition coefficient (Wildman–Crippen LogP) is 3.19. The van der Waals surface area contributed by atoms with Gasteiger partial charge in [0.1, 0.15) is 0 Å². The van der Waals surface area contributed by atoms with Gasteiger partial charge in [-0.2, -0.15) is 0 Å². The van der Waals surface area contributed by atoms with E-state index in [2.05, 4.69) is 46.7 Å². The number of isothiocyanates is 1. The standard InChI is InChI=1S/C11H11NS/c13-10-12-9-5-4-8-11-6-2-1-3-7-11/h1-4,6-8H,5,9H2/b8-4+. The molecular weight excluding hydrogens is 178 g/mol. The van der Waals surface area contributed by atoms with E-state index in [-0.39, 0.29) is 0 Å². The Morgan fingerprint density at radius 3 is 2.77 bits per heavy atom. The van der Waals surface area contributed by atoms with Crippen LogP contribution in [0.3, 0.4) is 0 Å². The molecule has 0 aromatic heterocycles. The zero-order valence-corrected chi connectivity index (χ0v) is 8.13. The zero-order valence-electron chi connectivity index (χ0n) is 7.31. The fourth-order valence-electron chi connectivity index (χ4n) is 0.968. The molecule has 0 heterocycles. The highest BCUT2D eigenvalue weighted by Gasteiger charge is 1.81. The Morgan fingerprint density at radius 2 is 2.08 bits per heavy atom. The minimum atomic E-state index is 0.729. The SMILES string of the molecule is S=C=NCC/C=C/c1ccccc1. The number of hydrogen-bond acceptors (Lipinski definition) is 2. The van der Waals surface area contributed by atoms with Crippen LogP contribution in [0.25, 0.3) is 6.08 Å². The molecule has 0 unspecified atom stereocenters. The summed E-state index contributed by atoms with van der Waals surface area (Å²) >= 11 is 4.45. The molecule has 0 spiro atoms. The maximum Gasteiger partial charge on any atom is 0.0585 e. The number of thiocarbonyl (C=S) groups is 1. The highest BCUT2D eigenvalue weighted by molar-refractivity contribution is 7.78. The first kappa shape index (κ1) is 9.85. The van der Waals surface area contributed by atoms with Crippen molar-refractivity contribution in [2.75, 3.05) is 6.54 Å². The van der Waals surface area contributed by atoms with Crippen LogP contribution < -0.4 is 0 Å². The van der Waals surface area contributed by atoms with Crippen molar-refractivity contribution >= 4 is 23.5 Å². The molecule has 1 nitrogen and oxygen atoms in total. The first-order valence-electron chi connectivity index (χ1n) is 4.18. The molecular formula is C11H11NS. The highest BCUT2D eigenvalue weighted by Crippen LogP contribution is 2.01. The van der Waals surface area contributed by atoms with Crippen LogP contribution in [-0.4, -0.2) is 11.7 Å². The summed E-state index contributed by atoms with van der Waals surface area (Å²) < 4.78 is 0. The van der Waals surface area contributed by atoms with Gasteiger partial charge < -0.3 is 0 Å². The van der Waals surface area contributed by atoms with Gasteiger partial charge >= 0.3 is 0 Å². The van der Waals surface area contributed by atoms with Crippen molar-refractivity contribution in [1.82, 2.24) is 0 Å². The summed E-state index contributed by atoms with van der Waals surface area (Å²) in [5, 5.41) is 2.34. The van der Waals surface area contributed by atoms with Gasteiger partial charge in [-0.05, 0) is 24.2 Å². The first-order chi connectivity index (χ1) is 6.43. The van der Waals surface area contributed by atoms with Crippen LogP contribution >= 0.6 is 12.2 Å². The lowest BCUT2D eigenvalue weighted by Crippen LogP contribution is -1.74. The third kappa shape index (κ3) is 4.36. The lowest BCUT2D eigenvalue weighted by molar-refractivity contribution is 1.02. The van der Waals surface area contributed by atoms with Gasteiger partial charge in [-0.15, -0.1) is 0 Å². The Morgan fingerprint density at radius 1 is 1.31 bits per heavy atom. The molecule has 2 heteroatoms. The summed E-state index contributed by atoms with van der Waals surface area (Å²) in [5.41, 5.74) is 1.22. The lowest BCUT2D eigenvalue weighted by atomic mass is 10.2. The molecule has 13 heavy (non-hydrogen) atoms. The molecule has 0 saturated heterocycles. The van der Waals surface area contributed by atoms with E-state index >= 15 is 0 Å². The van der Waals surface area contributed by atoms with E-state index in [0.717, 1.165) is 13.0 Å². The number of benzene rings is 1. The third-order valence-corrected chi connectivity index (χ3v) is 1.71. The quantitative estimate of drug-likeness (QED) is 0.402. The minimum Gasteiger partial charge on any atom is -0.232 e. The fourth-order valence-corrected chi connectivity index (χ4v) is 1.06. The van der Waals surface area contributed by atoms with Crippen molar-refractivity contribution in [1.29, 1.82) is 0 Å². The van der Waals surface area contributed by atoms with Crippen LogP contribution in [0.1, 0.15) is 12.0 Å². The predicted molar refractivity (Wildman–Crippen MR) is 60.0 cm³/mol. The van der Waals surface area contributed by atoms with E-state index in [1.54, 1.807) is 0 Å². The maximum atomic E-state index is 4.45. The Kier molecular flexibility index (Phi) is 4.77. The summed E-state index contributed by atoms with van der Waals surface area (Å²) in [5.74, 6) is 0. The van der Waals surface area contributed by atoms with E-state index < -0.39 is 0 Å². The van der Waals surface area contributed by atoms with Crippen LogP contribution in [-0.2, 0) is 0 Å². The molecule has 1 aromatic rings. The zero-order chi connectivity index (χ0) is 9.36. The molecule has 1 rings (SSSR count). The molecule has 0 radical (unpaired) electrons. The van der Waals surface area contributed by atoms with Crippen molar-refractivity contribution in [2.24, 2.45) is 4.99 Å². The van der Waals surface area contributed by atoms with Crippen molar-refractivity contribution in [3.8, 4) is 0 Å². The van der Waals surface area contributed by atoms with Gasteiger partial charge in [-0.3, -0.25) is 0 Å². The monoisotopic (exact) mass is 189 g/mol. The molecule has 0 aliphatic carbocycles. The average molecular weight is 189 g/mol.